The van der Waals surface area contributed by atoms with E-state index in [-0.39, 0.29) is 0 Å². The summed E-state index contributed by atoms with van der Waals surface area (Å²) >= 11 is 0. The number of hydrogen-bond donors (Lipinski definition) is 0. The Hall–Kier alpha value is -8.24. The Morgan fingerprint density at radius 2 is 0.862 bits per heavy atom. The molecule has 0 aliphatic carbocycles. The molecule has 0 saturated heterocycles. The smallest absolute Gasteiger partial charge is 0.179 e. The summed E-state index contributed by atoms with van der Waals surface area (Å²) in [5.74, 6) is 0. The first kappa shape index (κ1) is 38.4. The third-order valence-corrected chi connectivity index (χ3v) is 18.0. The molecular formula is C62H43NOSi. The van der Waals surface area contributed by atoms with Crippen molar-refractivity contribution in [1.29, 1.82) is 0 Å². The van der Waals surface area contributed by atoms with E-state index in [2.05, 4.69) is 260 Å². The largest absolute Gasteiger partial charge is 0.455 e. The predicted molar refractivity (Wildman–Crippen MR) is 278 cm³/mol. The van der Waals surface area contributed by atoms with Gasteiger partial charge in [-0.2, -0.15) is 0 Å². The van der Waals surface area contributed by atoms with Crippen molar-refractivity contribution >= 4 is 89.4 Å². The molecular weight excluding hydrogens is 803 g/mol. The van der Waals surface area contributed by atoms with Crippen LogP contribution in [-0.4, -0.2) is 8.07 Å². The number of benzene rings is 11. The first-order valence-electron chi connectivity index (χ1n) is 22.3. The SMILES string of the molecule is c1ccc(-c2cccc3ccc(-c4ccc(N(c5cccc([Si](c6ccccc6)(c6ccccc6)c6ccccc6)c5)c5cc6c7ccccc7oc6c6ccccc56)cc4)cc23)cc1. The summed E-state index contributed by atoms with van der Waals surface area (Å²) < 4.78 is 6.64. The Labute approximate surface area is 379 Å². The first-order valence-corrected chi connectivity index (χ1v) is 24.3. The minimum atomic E-state index is -2.85. The Balaban J connectivity index is 1.09. The van der Waals surface area contributed by atoms with Gasteiger partial charge in [-0.1, -0.05) is 218 Å². The van der Waals surface area contributed by atoms with Crippen molar-refractivity contribution in [3.63, 3.8) is 0 Å². The fourth-order valence-corrected chi connectivity index (χ4v) is 15.0. The Morgan fingerprint density at radius 3 is 1.54 bits per heavy atom. The normalized spacial score (nSPS) is 11.7. The van der Waals surface area contributed by atoms with Gasteiger partial charge in [-0.15, -0.1) is 0 Å². The zero-order valence-electron chi connectivity index (χ0n) is 35.7. The Kier molecular flexibility index (Phi) is 9.55. The van der Waals surface area contributed by atoms with Crippen molar-refractivity contribution in [1.82, 2.24) is 0 Å². The van der Waals surface area contributed by atoms with Gasteiger partial charge in [-0.05, 0) is 96.2 Å². The molecule has 0 saturated carbocycles. The van der Waals surface area contributed by atoms with E-state index in [1.165, 1.54) is 48.2 Å². The predicted octanol–water partition coefficient (Wildman–Crippen LogP) is 14.1. The molecule has 306 valence electrons. The van der Waals surface area contributed by atoms with Gasteiger partial charge in [-0.3, -0.25) is 0 Å². The average molecular weight is 846 g/mol. The van der Waals surface area contributed by atoms with Gasteiger partial charge in [0.15, 0.2) is 8.07 Å². The van der Waals surface area contributed by atoms with E-state index < -0.39 is 8.07 Å². The second-order valence-corrected chi connectivity index (χ2v) is 20.6. The second kappa shape index (κ2) is 16.1. The molecule has 0 atom stereocenters. The van der Waals surface area contributed by atoms with Gasteiger partial charge < -0.3 is 9.32 Å². The fourth-order valence-electron chi connectivity index (χ4n) is 10.2. The van der Waals surface area contributed by atoms with Gasteiger partial charge in [0.2, 0.25) is 0 Å². The lowest BCUT2D eigenvalue weighted by molar-refractivity contribution is 0.672. The van der Waals surface area contributed by atoms with Crippen LogP contribution in [0.5, 0.6) is 0 Å². The average Bonchev–Trinajstić information content (AvgIpc) is 3.77. The van der Waals surface area contributed by atoms with Crippen LogP contribution in [0.1, 0.15) is 0 Å². The molecule has 0 radical (unpaired) electrons. The van der Waals surface area contributed by atoms with Crippen molar-refractivity contribution in [2.45, 2.75) is 0 Å². The van der Waals surface area contributed by atoms with Crippen LogP contribution in [0, 0.1) is 0 Å². The highest BCUT2D eigenvalue weighted by molar-refractivity contribution is 7.19. The van der Waals surface area contributed by atoms with Crippen LogP contribution in [0.15, 0.2) is 265 Å². The molecule has 65 heavy (non-hydrogen) atoms. The number of hydrogen-bond acceptors (Lipinski definition) is 2. The number of para-hydroxylation sites is 1. The number of rotatable bonds is 9. The maximum absolute atomic E-state index is 6.64. The van der Waals surface area contributed by atoms with Crippen LogP contribution in [0.2, 0.25) is 0 Å². The third-order valence-electron chi connectivity index (χ3n) is 13.2. The van der Waals surface area contributed by atoms with Gasteiger partial charge in [0.05, 0.1) is 5.69 Å². The van der Waals surface area contributed by atoms with Crippen molar-refractivity contribution in [3.05, 3.63) is 261 Å². The van der Waals surface area contributed by atoms with Crippen molar-refractivity contribution in [2.75, 3.05) is 4.90 Å². The summed E-state index contributed by atoms with van der Waals surface area (Å²) in [6.07, 6.45) is 0. The number of nitrogens with zero attached hydrogens (tertiary/aromatic N) is 1. The van der Waals surface area contributed by atoms with Crippen LogP contribution in [0.25, 0.3) is 65.7 Å². The molecule has 0 unspecified atom stereocenters. The zero-order valence-corrected chi connectivity index (χ0v) is 36.7. The molecule has 0 fully saturated rings. The van der Waals surface area contributed by atoms with Gasteiger partial charge in [0, 0.05) is 32.9 Å². The molecule has 12 rings (SSSR count). The lowest BCUT2D eigenvalue weighted by atomic mass is 9.95. The van der Waals surface area contributed by atoms with Crippen LogP contribution in [0.4, 0.5) is 17.1 Å². The first-order chi connectivity index (χ1) is 32.2. The molecule has 0 aliphatic rings. The van der Waals surface area contributed by atoms with Crippen LogP contribution < -0.4 is 25.6 Å². The standard InChI is InChI=1S/C62H43NOSi/c1-5-19-45(20-6-1)54-33-17-21-46-35-36-47(41-58(46)54)44-37-39-48(40-38-44)63(60-43-59-56-31-15-16-34-61(56)64-62(59)57-32-14-13-30-55(57)60)49-22-18-29-53(42-49)65(50-23-7-2-8-24-50,51-25-9-3-10-26-51)52-27-11-4-12-28-52/h1-43H. The third kappa shape index (κ3) is 6.56. The van der Waals surface area contributed by atoms with Crippen LogP contribution in [-0.2, 0) is 0 Å². The Bertz CT molecular complexity index is 3540. The van der Waals surface area contributed by atoms with E-state index in [0.717, 1.165) is 55.3 Å². The van der Waals surface area contributed by atoms with E-state index in [0.29, 0.717) is 0 Å². The van der Waals surface area contributed by atoms with E-state index in [4.69, 9.17) is 4.42 Å². The molecule has 1 aromatic heterocycles. The summed E-state index contributed by atoms with van der Waals surface area (Å²) in [5, 5.41) is 12.2. The maximum atomic E-state index is 6.64. The molecule has 0 N–H and O–H groups in total. The summed E-state index contributed by atoms with van der Waals surface area (Å²) in [7, 11) is -2.85. The molecule has 2 nitrogen and oxygen atoms in total. The highest BCUT2D eigenvalue weighted by Gasteiger charge is 2.41. The number of anilines is 3. The molecule has 0 spiro atoms. The van der Waals surface area contributed by atoms with Crippen molar-refractivity contribution in [3.8, 4) is 22.3 Å². The highest BCUT2D eigenvalue weighted by atomic mass is 28.3. The molecule has 11 aromatic carbocycles. The van der Waals surface area contributed by atoms with Crippen LogP contribution in [0.3, 0.4) is 0 Å². The van der Waals surface area contributed by atoms with E-state index in [1.54, 1.807) is 0 Å². The lowest BCUT2D eigenvalue weighted by Gasteiger charge is -2.35. The number of fused-ring (bicyclic) bond motifs is 6. The van der Waals surface area contributed by atoms with Crippen molar-refractivity contribution in [2.24, 2.45) is 0 Å². The molecule has 1 heterocycles. The van der Waals surface area contributed by atoms with Crippen LogP contribution >= 0.6 is 0 Å². The minimum absolute atomic E-state index is 0.887. The second-order valence-electron chi connectivity index (χ2n) is 16.8. The highest BCUT2D eigenvalue weighted by Crippen LogP contribution is 2.45. The molecule has 0 bridgehead atoms. The van der Waals surface area contributed by atoms with E-state index >= 15 is 0 Å². The van der Waals surface area contributed by atoms with Gasteiger partial charge in [0.1, 0.15) is 11.2 Å². The lowest BCUT2D eigenvalue weighted by Crippen LogP contribution is -2.74. The van der Waals surface area contributed by atoms with Gasteiger partial charge in [-0.25, -0.2) is 0 Å². The molecule has 3 heteroatoms. The fraction of sp³-hybridized carbons (Fsp3) is 0. The van der Waals surface area contributed by atoms with Crippen molar-refractivity contribution < 1.29 is 4.42 Å². The molecule has 12 aromatic rings. The van der Waals surface area contributed by atoms with E-state index in [1.807, 2.05) is 6.07 Å². The summed E-state index contributed by atoms with van der Waals surface area (Å²) in [4.78, 5) is 2.46. The summed E-state index contributed by atoms with van der Waals surface area (Å²) in [6, 6.07) is 95.5. The monoisotopic (exact) mass is 845 g/mol. The minimum Gasteiger partial charge on any atom is -0.455 e. The van der Waals surface area contributed by atoms with Gasteiger partial charge >= 0.3 is 0 Å². The molecule has 0 amide bonds. The Morgan fingerprint density at radius 1 is 0.308 bits per heavy atom. The number of furan rings is 1. The summed E-state index contributed by atoms with van der Waals surface area (Å²) in [6.45, 7) is 0. The van der Waals surface area contributed by atoms with Gasteiger partial charge in [0.25, 0.3) is 0 Å². The molecule has 0 aliphatic heterocycles. The van der Waals surface area contributed by atoms with E-state index in [9.17, 15) is 0 Å². The topological polar surface area (TPSA) is 16.4 Å². The zero-order chi connectivity index (χ0) is 43.2. The maximum Gasteiger partial charge on any atom is 0.179 e. The quantitative estimate of drug-likeness (QED) is 0.106. The summed E-state index contributed by atoms with van der Waals surface area (Å²) in [5.41, 5.74) is 9.85.